The molecule has 16 heavy (non-hydrogen) atoms. The van der Waals surface area contributed by atoms with E-state index in [1.165, 1.54) is 0 Å². The van der Waals surface area contributed by atoms with Crippen molar-refractivity contribution in [2.45, 2.75) is 12.3 Å². The van der Waals surface area contributed by atoms with Gasteiger partial charge in [-0.05, 0) is 17.7 Å². The number of hydrogen-bond donors (Lipinski definition) is 0. The quantitative estimate of drug-likeness (QED) is 0.537. The summed E-state index contributed by atoms with van der Waals surface area (Å²) in [7, 11) is 3.56. The minimum absolute atomic E-state index is 0.194. The van der Waals surface area contributed by atoms with Crippen molar-refractivity contribution >= 4 is 15.8 Å². The molecule has 0 bridgehead atoms. The van der Waals surface area contributed by atoms with Crippen molar-refractivity contribution in [1.82, 2.24) is 0 Å². The Kier molecular flexibility index (Phi) is 5.85. The van der Waals surface area contributed by atoms with Gasteiger partial charge >= 0.3 is 9.76 Å². The van der Waals surface area contributed by atoms with E-state index in [1.54, 1.807) is 20.3 Å². The van der Waals surface area contributed by atoms with Gasteiger partial charge in [0.2, 0.25) is 0 Å². The standard InChI is InChI=1S/C12H16O3Si/c1-4-10-6-5-7-11(8-10)15-16-9-12(13-2)14-3/h4-8,12H,1,9H2,2-3H3. The normalized spacial score (nSPS) is 10.4. The Morgan fingerprint density at radius 1 is 1.38 bits per heavy atom. The third kappa shape index (κ3) is 4.18. The van der Waals surface area contributed by atoms with Gasteiger partial charge in [-0.1, -0.05) is 24.8 Å². The Hall–Kier alpha value is -1.10. The zero-order valence-corrected chi connectivity index (χ0v) is 10.6. The van der Waals surface area contributed by atoms with Crippen LogP contribution in [-0.2, 0) is 9.47 Å². The van der Waals surface area contributed by atoms with E-state index in [2.05, 4.69) is 6.58 Å². The molecule has 1 rings (SSSR count). The van der Waals surface area contributed by atoms with E-state index in [-0.39, 0.29) is 6.29 Å². The Morgan fingerprint density at radius 2 is 2.12 bits per heavy atom. The minimum atomic E-state index is -0.194. The highest BCUT2D eigenvalue weighted by Crippen LogP contribution is 2.14. The minimum Gasteiger partial charge on any atom is -0.541 e. The molecule has 0 heterocycles. The summed E-state index contributed by atoms with van der Waals surface area (Å²) in [6.45, 7) is 3.71. The highest BCUT2D eigenvalue weighted by Gasteiger charge is 2.07. The van der Waals surface area contributed by atoms with E-state index in [0.717, 1.165) is 17.4 Å². The third-order valence-corrected chi connectivity index (χ3v) is 2.94. The SMILES string of the molecule is C=Cc1cccc(O[Si]CC(OC)OC)c1. The molecular formula is C12H16O3Si. The lowest BCUT2D eigenvalue weighted by atomic mass is 10.2. The summed E-state index contributed by atoms with van der Waals surface area (Å²) in [5, 5.41) is 0. The zero-order valence-electron chi connectivity index (χ0n) is 9.60. The summed E-state index contributed by atoms with van der Waals surface area (Å²) in [4.78, 5) is 0. The van der Waals surface area contributed by atoms with Crippen LogP contribution in [0.15, 0.2) is 30.8 Å². The van der Waals surface area contributed by atoms with Crippen LogP contribution >= 0.6 is 0 Å². The van der Waals surface area contributed by atoms with Crippen molar-refractivity contribution < 1.29 is 13.9 Å². The molecule has 0 amide bonds. The van der Waals surface area contributed by atoms with E-state index < -0.39 is 0 Å². The van der Waals surface area contributed by atoms with Crippen LogP contribution in [0.1, 0.15) is 5.56 Å². The summed E-state index contributed by atoms with van der Waals surface area (Å²) in [6, 6.07) is 8.53. The number of methoxy groups -OCH3 is 2. The van der Waals surface area contributed by atoms with Gasteiger partial charge in [-0.2, -0.15) is 0 Å². The lowest BCUT2D eigenvalue weighted by molar-refractivity contribution is -0.0883. The Bertz CT molecular complexity index is 324. The highest BCUT2D eigenvalue weighted by atomic mass is 28.2. The molecule has 0 unspecified atom stereocenters. The summed E-state index contributed by atoms with van der Waals surface area (Å²) in [5.41, 5.74) is 1.05. The second kappa shape index (κ2) is 7.22. The van der Waals surface area contributed by atoms with Gasteiger partial charge in [0, 0.05) is 20.3 Å². The van der Waals surface area contributed by atoms with Gasteiger partial charge in [0.05, 0.1) is 0 Å². The Labute approximate surface area is 99.0 Å². The second-order valence-electron chi connectivity index (χ2n) is 3.13. The van der Waals surface area contributed by atoms with E-state index in [1.807, 2.05) is 24.3 Å². The molecule has 86 valence electrons. The maximum Gasteiger partial charge on any atom is 0.316 e. The monoisotopic (exact) mass is 236 g/mol. The van der Waals surface area contributed by atoms with Gasteiger partial charge in [0.1, 0.15) is 5.75 Å². The van der Waals surface area contributed by atoms with Crippen LogP contribution in [-0.4, -0.2) is 30.3 Å². The van der Waals surface area contributed by atoms with Crippen LogP contribution in [0, 0.1) is 0 Å². The molecule has 0 aliphatic rings. The summed E-state index contributed by atoms with van der Waals surface area (Å²) in [6.07, 6.45) is 1.60. The first kappa shape index (κ1) is 13.0. The molecule has 0 fully saturated rings. The maximum atomic E-state index is 5.60. The average Bonchev–Trinajstić information content (AvgIpc) is 2.35. The average molecular weight is 236 g/mol. The molecule has 4 heteroatoms. The fourth-order valence-electron chi connectivity index (χ4n) is 1.16. The summed E-state index contributed by atoms with van der Waals surface area (Å²) >= 11 is 0. The van der Waals surface area contributed by atoms with E-state index in [0.29, 0.717) is 9.76 Å². The molecule has 0 N–H and O–H groups in total. The Balaban J connectivity index is 2.39. The molecule has 2 radical (unpaired) electrons. The predicted molar refractivity (Wildman–Crippen MR) is 65.5 cm³/mol. The summed E-state index contributed by atoms with van der Waals surface area (Å²) < 4.78 is 15.7. The molecule has 1 aromatic carbocycles. The predicted octanol–water partition coefficient (Wildman–Crippen LogP) is 2.36. The van der Waals surface area contributed by atoms with Gasteiger partial charge in [0.15, 0.2) is 6.29 Å². The first-order chi connectivity index (χ1) is 7.80. The highest BCUT2D eigenvalue weighted by molar-refractivity contribution is 6.28. The summed E-state index contributed by atoms with van der Waals surface area (Å²) in [5.74, 6) is 0.849. The van der Waals surface area contributed by atoms with Crippen molar-refractivity contribution in [3.63, 3.8) is 0 Å². The largest absolute Gasteiger partial charge is 0.541 e. The van der Waals surface area contributed by atoms with Crippen LogP contribution in [0.5, 0.6) is 5.75 Å². The van der Waals surface area contributed by atoms with Crippen LogP contribution in [0.2, 0.25) is 6.04 Å². The van der Waals surface area contributed by atoms with Gasteiger partial charge in [-0.15, -0.1) is 0 Å². The number of benzene rings is 1. The smallest absolute Gasteiger partial charge is 0.316 e. The first-order valence-electron chi connectivity index (χ1n) is 4.98. The van der Waals surface area contributed by atoms with Crippen molar-refractivity contribution in [2.24, 2.45) is 0 Å². The molecule has 1 aromatic rings. The molecule has 0 saturated carbocycles. The van der Waals surface area contributed by atoms with Crippen molar-refractivity contribution in [1.29, 1.82) is 0 Å². The first-order valence-corrected chi connectivity index (χ1v) is 6.09. The molecule has 0 aliphatic heterocycles. The van der Waals surface area contributed by atoms with Crippen molar-refractivity contribution in [3.05, 3.63) is 36.4 Å². The number of rotatable bonds is 7. The molecule has 3 nitrogen and oxygen atoms in total. The van der Waals surface area contributed by atoms with Crippen LogP contribution in [0.4, 0.5) is 0 Å². The van der Waals surface area contributed by atoms with Crippen LogP contribution in [0.25, 0.3) is 6.08 Å². The topological polar surface area (TPSA) is 27.7 Å². The molecular weight excluding hydrogens is 220 g/mol. The molecule has 0 aliphatic carbocycles. The fraction of sp³-hybridized carbons (Fsp3) is 0.333. The number of hydrogen-bond acceptors (Lipinski definition) is 3. The van der Waals surface area contributed by atoms with Gasteiger partial charge in [-0.3, -0.25) is 0 Å². The molecule has 0 spiro atoms. The fourth-order valence-corrected chi connectivity index (χ4v) is 2.01. The van der Waals surface area contributed by atoms with E-state index in [4.69, 9.17) is 13.9 Å². The van der Waals surface area contributed by atoms with Crippen molar-refractivity contribution in [2.75, 3.05) is 14.2 Å². The van der Waals surface area contributed by atoms with Crippen molar-refractivity contribution in [3.8, 4) is 5.75 Å². The van der Waals surface area contributed by atoms with E-state index >= 15 is 0 Å². The van der Waals surface area contributed by atoms with Gasteiger partial charge in [-0.25, -0.2) is 0 Å². The zero-order chi connectivity index (χ0) is 11.8. The Morgan fingerprint density at radius 3 is 2.75 bits per heavy atom. The lowest BCUT2D eigenvalue weighted by Gasteiger charge is -2.12. The molecule has 0 aromatic heterocycles. The maximum absolute atomic E-state index is 5.60. The lowest BCUT2D eigenvalue weighted by Crippen LogP contribution is -2.17. The molecule has 0 saturated heterocycles. The number of ether oxygens (including phenoxy) is 2. The molecule has 0 atom stereocenters. The van der Waals surface area contributed by atoms with Crippen LogP contribution in [0.3, 0.4) is 0 Å². The van der Waals surface area contributed by atoms with E-state index in [9.17, 15) is 0 Å². The van der Waals surface area contributed by atoms with Gasteiger partial charge in [0.25, 0.3) is 0 Å². The second-order valence-corrected chi connectivity index (χ2v) is 4.03. The van der Waals surface area contributed by atoms with Gasteiger partial charge < -0.3 is 13.9 Å². The third-order valence-electron chi connectivity index (χ3n) is 2.06. The van der Waals surface area contributed by atoms with Crippen LogP contribution < -0.4 is 4.43 Å².